The van der Waals surface area contributed by atoms with Gasteiger partial charge in [-0.3, -0.25) is 0 Å². The molecule has 0 spiro atoms. The molecule has 0 bridgehead atoms. The summed E-state index contributed by atoms with van der Waals surface area (Å²) in [5.41, 5.74) is 4.98. The van der Waals surface area contributed by atoms with E-state index in [0.29, 0.717) is 0 Å². The first-order valence-corrected chi connectivity index (χ1v) is 9.62. The Morgan fingerprint density at radius 1 is 0.889 bits per heavy atom. The fourth-order valence-corrected chi connectivity index (χ4v) is 4.66. The molecule has 27 heavy (non-hydrogen) atoms. The molecule has 3 aromatic carbocycles. The molecule has 1 N–H and O–H groups in total. The summed E-state index contributed by atoms with van der Waals surface area (Å²) >= 11 is 0. The molecule has 0 saturated heterocycles. The van der Waals surface area contributed by atoms with Gasteiger partial charge in [-0.15, -0.1) is 0 Å². The summed E-state index contributed by atoms with van der Waals surface area (Å²) in [5, 5.41) is 15.5. The first-order chi connectivity index (χ1) is 13.2. The highest BCUT2D eigenvalue weighted by Gasteiger charge is 2.31. The molecule has 1 atom stereocenters. The van der Waals surface area contributed by atoms with Crippen LogP contribution in [0.3, 0.4) is 0 Å². The topological polar surface area (TPSA) is 20.2 Å². The highest BCUT2D eigenvalue weighted by molar-refractivity contribution is 6.71. The number of rotatable bonds is 2. The average molecular weight is 348 g/mol. The molecular formula is C25H21BO. The zero-order valence-corrected chi connectivity index (χ0v) is 15.4. The van der Waals surface area contributed by atoms with Crippen LogP contribution in [-0.4, -0.2) is 11.9 Å². The van der Waals surface area contributed by atoms with Crippen LogP contribution in [0.15, 0.2) is 90.5 Å². The van der Waals surface area contributed by atoms with Gasteiger partial charge >= 0.3 is 6.92 Å². The van der Waals surface area contributed by atoms with Crippen LogP contribution in [0.1, 0.15) is 12.0 Å². The molecular weight excluding hydrogens is 327 g/mol. The van der Waals surface area contributed by atoms with Crippen molar-refractivity contribution in [3.05, 3.63) is 107 Å². The summed E-state index contributed by atoms with van der Waals surface area (Å²) in [5.74, 6) is 0.288. The van der Waals surface area contributed by atoms with Gasteiger partial charge < -0.3 is 5.02 Å². The second kappa shape index (κ2) is 6.40. The van der Waals surface area contributed by atoms with Crippen LogP contribution in [0.5, 0.6) is 0 Å². The van der Waals surface area contributed by atoms with E-state index in [1.165, 1.54) is 32.7 Å². The molecule has 0 radical (unpaired) electrons. The molecule has 2 aliphatic carbocycles. The van der Waals surface area contributed by atoms with E-state index < -0.39 is 6.92 Å². The second-order valence-corrected chi connectivity index (χ2v) is 7.45. The van der Waals surface area contributed by atoms with Crippen LogP contribution in [0, 0.1) is 5.92 Å². The molecule has 2 heteroatoms. The molecule has 0 amide bonds. The van der Waals surface area contributed by atoms with Crippen molar-refractivity contribution >= 4 is 28.7 Å². The maximum Gasteiger partial charge on any atom is 0.321 e. The highest BCUT2D eigenvalue weighted by atomic mass is 16.2. The van der Waals surface area contributed by atoms with Crippen LogP contribution in [-0.2, 0) is 0 Å². The van der Waals surface area contributed by atoms with Gasteiger partial charge in [0.25, 0.3) is 0 Å². The van der Waals surface area contributed by atoms with E-state index in [2.05, 4.69) is 85.0 Å². The highest BCUT2D eigenvalue weighted by Crippen LogP contribution is 2.39. The molecule has 0 heterocycles. The zero-order chi connectivity index (χ0) is 18.4. The van der Waals surface area contributed by atoms with Gasteiger partial charge in [0, 0.05) is 5.92 Å². The maximum atomic E-state index is 10.5. The largest absolute Gasteiger partial charge is 0.446 e. The van der Waals surface area contributed by atoms with E-state index in [-0.39, 0.29) is 5.92 Å². The molecule has 0 aromatic heterocycles. The van der Waals surface area contributed by atoms with Gasteiger partial charge in [-0.25, -0.2) is 0 Å². The minimum Gasteiger partial charge on any atom is -0.446 e. The standard InChI is InChI=1S/C25H21BO/c1-26(27)25-22-12-6-4-10-20(22)24(21-11-5-7-13-23(21)25)19-15-14-17-8-2-3-9-18(17)16-19/h2-10,12-16,21,27H,11H2,1H3. The van der Waals surface area contributed by atoms with Crippen molar-refractivity contribution in [2.75, 3.05) is 0 Å². The monoisotopic (exact) mass is 348 g/mol. The fourth-order valence-electron chi connectivity index (χ4n) is 4.66. The van der Waals surface area contributed by atoms with Crippen LogP contribution < -0.4 is 10.4 Å². The van der Waals surface area contributed by atoms with E-state index in [9.17, 15) is 5.02 Å². The third-order valence-electron chi connectivity index (χ3n) is 5.80. The van der Waals surface area contributed by atoms with Crippen molar-refractivity contribution in [3.63, 3.8) is 0 Å². The minimum atomic E-state index is -0.482. The minimum absolute atomic E-state index is 0.288. The number of fused-ring (bicyclic) bond motifs is 3. The number of allylic oxidation sites excluding steroid dienone is 4. The van der Waals surface area contributed by atoms with Crippen molar-refractivity contribution in [3.8, 4) is 0 Å². The predicted molar refractivity (Wildman–Crippen MR) is 115 cm³/mol. The molecule has 1 nitrogen and oxygen atoms in total. The van der Waals surface area contributed by atoms with E-state index in [1.807, 2.05) is 6.82 Å². The molecule has 3 aromatic rings. The molecule has 130 valence electrons. The van der Waals surface area contributed by atoms with Crippen LogP contribution in [0.2, 0.25) is 6.82 Å². The van der Waals surface area contributed by atoms with Gasteiger partial charge in [0.15, 0.2) is 0 Å². The average Bonchev–Trinajstić information content (AvgIpc) is 2.71. The maximum absolute atomic E-state index is 10.5. The lowest BCUT2D eigenvalue weighted by molar-refractivity contribution is 0.593. The smallest absolute Gasteiger partial charge is 0.321 e. The van der Waals surface area contributed by atoms with Gasteiger partial charge in [0.1, 0.15) is 0 Å². The molecule has 0 fully saturated rings. The van der Waals surface area contributed by atoms with Gasteiger partial charge in [-0.05, 0) is 55.9 Å². The summed E-state index contributed by atoms with van der Waals surface area (Å²) in [6.45, 7) is 1.40. The predicted octanol–water partition coefficient (Wildman–Crippen LogP) is 3.86. The van der Waals surface area contributed by atoms with Crippen molar-refractivity contribution in [1.82, 2.24) is 0 Å². The first kappa shape index (κ1) is 16.3. The van der Waals surface area contributed by atoms with Crippen LogP contribution in [0.4, 0.5) is 0 Å². The molecule has 5 rings (SSSR count). The van der Waals surface area contributed by atoms with Crippen LogP contribution >= 0.6 is 0 Å². The summed E-state index contributed by atoms with van der Waals surface area (Å²) < 4.78 is 0. The molecule has 1 unspecified atom stereocenters. The Kier molecular flexibility index (Phi) is 3.88. The van der Waals surface area contributed by atoms with Crippen molar-refractivity contribution in [1.29, 1.82) is 0 Å². The Labute approximate surface area is 159 Å². The molecule has 0 saturated carbocycles. The lowest BCUT2D eigenvalue weighted by Crippen LogP contribution is -2.41. The van der Waals surface area contributed by atoms with Gasteiger partial charge in [-0.1, -0.05) is 85.7 Å². The van der Waals surface area contributed by atoms with Crippen molar-refractivity contribution < 1.29 is 5.02 Å². The van der Waals surface area contributed by atoms with Crippen molar-refractivity contribution in [2.45, 2.75) is 13.2 Å². The Morgan fingerprint density at radius 3 is 2.44 bits per heavy atom. The van der Waals surface area contributed by atoms with E-state index in [0.717, 1.165) is 17.1 Å². The van der Waals surface area contributed by atoms with Gasteiger partial charge in [-0.2, -0.15) is 0 Å². The summed E-state index contributed by atoms with van der Waals surface area (Å²) in [7, 11) is 0. The summed E-state index contributed by atoms with van der Waals surface area (Å²) in [6.07, 6.45) is 7.52. The number of hydrogen-bond donors (Lipinski definition) is 1. The molecule has 2 aliphatic rings. The van der Waals surface area contributed by atoms with Gasteiger partial charge in [0.2, 0.25) is 0 Å². The van der Waals surface area contributed by atoms with Crippen LogP contribution in [0.25, 0.3) is 21.8 Å². The number of hydrogen-bond acceptors (Lipinski definition) is 1. The Balaban J connectivity index is 1.90. The second-order valence-electron chi connectivity index (χ2n) is 7.45. The van der Waals surface area contributed by atoms with E-state index in [1.54, 1.807) is 0 Å². The summed E-state index contributed by atoms with van der Waals surface area (Å²) in [6, 6.07) is 23.8. The fraction of sp³-hybridized carbons (Fsp3) is 0.120. The first-order valence-electron chi connectivity index (χ1n) is 9.62. The van der Waals surface area contributed by atoms with E-state index >= 15 is 0 Å². The third-order valence-corrected chi connectivity index (χ3v) is 5.80. The zero-order valence-electron chi connectivity index (χ0n) is 15.4. The lowest BCUT2D eigenvalue weighted by atomic mass is 9.55. The summed E-state index contributed by atoms with van der Waals surface area (Å²) in [4.78, 5) is 0. The van der Waals surface area contributed by atoms with Gasteiger partial charge in [0.05, 0.1) is 0 Å². The molecule has 0 aliphatic heterocycles. The Hall–Kier alpha value is -2.84. The number of benzene rings is 3. The lowest BCUT2D eigenvalue weighted by Gasteiger charge is -2.31. The third kappa shape index (κ3) is 2.60. The van der Waals surface area contributed by atoms with Crippen molar-refractivity contribution in [2.24, 2.45) is 5.92 Å². The Morgan fingerprint density at radius 2 is 1.63 bits per heavy atom. The quantitative estimate of drug-likeness (QED) is 0.698. The SMILES string of the molecule is CB(O)C1=c2ccccc2=C(c2ccc3ccccc3c2)C2CC=CC=C12. The normalized spacial score (nSPS) is 18.1. The Bertz CT molecular complexity index is 1230. The van der Waals surface area contributed by atoms with E-state index in [4.69, 9.17) is 0 Å².